The topological polar surface area (TPSA) is 45.4 Å². The SMILES string of the molecule is CCC(N)C(c1ccncc1)N1CCC(N(CC)CC)C1. The van der Waals surface area contributed by atoms with E-state index in [4.69, 9.17) is 5.73 Å². The third-order valence-corrected chi connectivity index (χ3v) is 4.84. The van der Waals surface area contributed by atoms with Gasteiger partial charge < -0.3 is 5.73 Å². The molecule has 2 rings (SSSR count). The second-order valence-corrected chi connectivity index (χ2v) is 5.96. The molecule has 4 heteroatoms. The summed E-state index contributed by atoms with van der Waals surface area (Å²) in [5, 5.41) is 0. The second kappa shape index (κ2) is 7.87. The molecule has 1 aromatic rings. The quantitative estimate of drug-likeness (QED) is 0.837. The highest BCUT2D eigenvalue weighted by molar-refractivity contribution is 5.18. The molecule has 1 saturated heterocycles. The average Bonchev–Trinajstić information content (AvgIpc) is 2.99. The molecule has 0 aliphatic carbocycles. The largest absolute Gasteiger partial charge is 0.326 e. The first-order chi connectivity index (χ1) is 10.2. The van der Waals surface area contributed by atoms with Crippen molar-refractivity contribution in [2.24, 2.45) is 5.73 Å². The zero-order valence-corrected chi connectivity index (χ0v) is 13.7. The fourth-order valence-corrected chi connectivity index (χ4v) is 3.57. The third-order valence-electron chi connectivity index (χ3n) is 4.84. The highest BCUT2D eigenvalue weighted by atomic mass is 15.3. The number of pyridine rings is 1. The maximum atomic E-state index is 6.44. The maximum Gasteiger partial charge on any atom is 0.0500 e. The molecule has 4 nitrogen and oxygen atoms in total. The molecular formula is C17H30N4. The standard InChI is InChI=1S/C17H30N4/c1-4-16(18)17(14-7-10-19-11-8-14)21-12-9-15(13-21)20(5-2)6-3/h7-8,10-11,15-17H,4-6,9,12-13,18H2,1-3H3. The van der Waals surface area contributed by atoms with Crippen LogP contribution in [0.4, 0.5) is 0 Å². The summed E-state index contributed by atoms with van der Waals surface area (Å²) in [7, 11) is 0. The van der Waals surface area contributed by atoms with Gasteiger partial charge in [0.05, 0.1) is 6.04 Å². The highest BCUT2D eigenvalue weighted by Crippen LogP contribution is 2.29. The Morgan fingerprint density at radius 3 is 2.52 bits per heavy atom. The van der Waals surface area contributed by atoms with Crippen LogP contribution in [-0.2, 0) is 0 Å². The molecule has 1 fully saturated rings. The lowest BCUT2D eigenvalue weighted by atomic mass is 9.97. The Labute approximate surface area is 129 Å². The molecule has 0 amide bonds. The van der Waals surface area contributed by atoms with Crippen molar-refractivity contribution < 1.29 is 0 Å². The lowest BCUT2D eigenvalue weighted by Crippen LogP contribution is -2.42. The van der Waals surface area contributed by atoms with Crippen LogP contribution in [0.25, 0.3) is 0 Å². The zero-order chi connectivity index (χ0) is 15.2. The van der Waals surface area contributed by atoms with Crippen LogP contribution in [0.2, 0.25) is 0 Å². The molecule has 0 spiro atoms. The molecule has 21 heavy (non-hydrogen) atoms. The summed E-state index contributed by atoms with van der Waals surface area (Å²) in [6.45, 7) is 11.2. The molecule has 3 atom stereocenters. The van der Waals surface area contributed by atoms with Gasteiger partial charge in [-0.25, -0.2) is 0 Å². The van der Waals surface area contributed by atoms with Crippen molar-refractivity contribution >= 4 is 0 Å². The number of likely N-dealkylation sites (tertiary alicyclic amines) is 1. The van der Waals surface area contributed by atoms with E-state index < -0.39 is 0 Å². The summed E-state index contributed by atoms with van der Waals surface area (Å²) in [5.74, 6) is 0. The zero-order valence-electron chi connectivity index (χ0n) is 13.7. The first-order valence-corrected chi connectivity index (χ1v) is 8.34. The molecule has 0 saturated carbocycles. The number of rotatable bonds is 7. The summed E-state index contributed by atoms with van der Waals surface area (Å²) >= 11 is 0. The molecule has 0 bridgehead atoms. The number of nitrogens with two attached hydrogens (primary N) is 1. The molecule has 0 radical (unpaired) electrons. The van der Waals surface area contributed by atoms with Gasteiger partial charge in [-0.3, -0.25) is 14.8 Å². The van der Waals surface area contributed by atoms with Crippen LogP contribution >= 0.6 is 0 Å². The van der Waals surface area contributed by atoms with Crippen molar-refractivity contribution in [2.45, 2.75) is 51.7 Å². The van der Waals surface area contributed by atoms with Crippen molar-refractivity contribution in [2.75, 3.05) is 26.2 Å². The Kier molecular flexibility index (Phi) is 6.15. The van der Waals surface area contributed by atoms with Gasteiger partial charge in [-0.2, -0.15) is 0 Å². The van der Waals surface area contributed by atoms with Gasteiger partial charge in [0.15, 0.2) is 0 Å². The fraction of sp³-hybridized carbons (Fsp3) is 0.706. The summed E-state index contributed by atoms with van der Waals surface area (Å²) in [4.78, 5) is 9.29. The lowest BCUT2D eigenvalue weighted by molar-refractivity contribution is 0.171. The number of aromatic nitrogens is 1. The molecule has 118 valence electrons. The predicted octanol–water partition coefficient (Wildman–Crippen LogP) is 2.28. The smallest absolute Gasteiger partial charge is 0.0500 e. The first-order valence-electron chi connectivity index (χ1n) is 8.34. The lowest BCUT2D eigenvalue weighted by Gasteiger charge is -2.33. The fourth-order valence-electron chi connectivity index (χ4n) is 3.57. The van der Waals surface area contributed by atoms with Crippen molar-refractivity contribution in [3.63, 3.8) is 0 Å². The van der Waals surface area contributed by atoms with Gasteiger partial charge in [-0.15, -0.1) is 0 Å². The Bertz CT molecular complexity index is 405. The van der Waals surface area contributed by atoms with Gasteiger partial charge in [0, 0.05) is 37.6 Å². The minimum absolute atomic E-state index is 0.183. The molecule has 1 aliphatic rings. The maximum absolute atomic E-state index is 6.44. The van der Waals surface area contributed by atoms with E-state index >= 15 is 0 Å². The van der Waals surface area contributed by atoms with Crippen molar-refractivity contribution in [3.8, 4) is 0 Å². The van der Waals surface area contributed by atoms with E-state index in [0.29, 0.717) is 12.1 Å². The summed E-state index contributed by atoms with van der Waals surface area (Å²) in [6.07, 6.45) is 6.00. The van der Waals surface area contributed by atoms with Crippen molar-refractivity contribution in [3.05, 3.63) is 30.1 Å². The van der Waals surface area contributed by atoms with Crippen LogP contribution in [0.3, 0.4) is 0 Å². The van der Waals surface area contributed by atoms with Gasteiger partial charge >= 0.3 is 0 Å². The molecule has 0 aromatic carbocycles. The average molecular weight is 290 g/mol. The van der Waals surface area contributed by atoms with Crippen LogP contribution in [-0.4, -0.2) is 53.0 Å². The van der Waals surface area contributed by atoms with Gasteiger partial charge in [-0.05, 0) is 43.6 Å². The number of likely N-dealkylation sites (N-methyl/N-ethyl adjacent to an activating group) is 1. The van der Waals surface area contributed by atoms with E-state index in [-0.39, 0.29) is 6.04 Å². The highest BCUT2D eigenvalue weighted by Gasteiger charge is 2.33. The van der Waals surface area contributed by atoms with Crippen LogP contribution in [0.1, 0.15) is 45.2 Å². The number of hydrogen-bond acceptors (Lipinski definition) is 4. The van der Waals surface area contributed by atoms with Crippen molar-refractivity contribution in [1.29, 1.82) is 0 Å². The van der Waals surface area contributed by atoms with E-state index in [1.165, 1.54) is 12.0 Å². The molecule has 1 aliphatic heterocycles. The van der Waals surface area contributed by atoms with Crippen LogP contribution < -0.4 is 5.73 Å². The Hall–Kier alpha value is -0.970. The third kappa shape index (κ3) is 3.82. The molecule has 2 N–H and O–H groups in total. The van der Waals surface area contributed by atoms with Gasteiger partial charge in [0.2, 0.25) is 0 Å². The summed E-state index contributed by atoms with van der Waals surface area (Å²) < 4.78 is 0. The van der Waals surface area contributed by atoms with Gasteiger partial charge in [0.25, 0.3) is 0 Å². The summed E-state index contributed by atoms with van der Waals surface area (Å²) in [6, 6.07) is 5.41. The normalized spacial score (nSPS) is 22.6. The Balaban J connectivity index is 2.12. The van der Waals surface area contributed by atoms with E-state index in [1.807, 2.05) is 12.4 Å². The monoisotopic (exact) mass is 290 g/mol. The molecular weight excluding hydrogens is 260 g/mol. The Morgan fingerprint density at radius 1 is 1.29 bits per heavy atom. The second-order valence-electron chi connectivity index (χ2n) is 5.96. The van der Waals surface area contributed by atoms with Crippen LogP contribution in [0, 0.1) is 0 Å². The minimum Gasteiger partial charge on any atom is -0.326 e. The minimum atomic E-state index is 0.183. The van der Waals surface area contributed by atoms with Gasteiger partial charge in [-0.1, -0.05) is 20.8 Å². The predicted molar refractivity (Wildman–Crippen MR) is 88.1 cm³/mol. The van der Waals surface area contributed by atoms with Crippen LogP contribution in [0.15, 0.2) is 24.5 Å². The van der Waals surface area contributed by atoms with Crippen molar-refractivity contribution in [1.82, 2.24) is 14.8 Å². The van der Waals surface area contributed by atoms with E-state index in [9.17, 15) is 0 Å². The van der Waals surface area contributed by atoms with E-state index in [1.54, 1.807) is 0 Å². The van der Waals surface area contributed by atoms with E-state index in [0.717, 1.165) is 32.6 Å². The first kappa shape index (κ1) is 16.4. The molecule has 2 heterocycles. The molecule has 1 aromatic heterocycles. The number of nitrogens with zero attached hydrogens (tertiary/aromatic N) is 3. The van der Waals surface area contributed by atoms with E-state index in [2.05, 4.69) is 47.7 Å². The Morgan fingerprint density at radius 2 is 1.95 bits per heavy atom. The number of hydrogen-bond donors (Lipinski definition) is 1. The van der Waals surface area contributed by atoms with Gasteiger partial charge in [0.1, 0.15) is 0 Å². The molecule has 3 unspecified atom stereocenters. The van der Waals surface area contributed by atoms with Crippen LogP contribution in [0.5, 0.6) is 0 Å². The summed E-state index contributed by atoms with van der Waals surface area (Å²) in [5.41, 5.74) is 7.75.